The summed E-state index contributed by atoms with van der Waals surface area (Å²) in [5.41, 5.74) is 0. The first kappa shape index (κ1) is 12.3. The van der Waals surface area contributed by atoms with Crippen LogP contribution in [0.1, 0.15) is 0 Å². The van der Waals surface area contributed by atoms with Crippen molar-refractivity contribution in [3.8, 4) is 0 Å². The lowest BCUT2D eigenvalue weighted by molar-refractivity contribution is 0.610. The van der Waals surface area contributed by atoms with Gasteiger partial charge in [0.15, 0.2) is 0 Å². The van der Waals surface area contributed by atoms with Gasteiger partial charge in [0.2, 0.25) is 8.87 Å². The average molecular weight is 289 g/mol. The number of hydrogen-bond acceptors (Lipinski definition) is 4. The molecule has 6 heteroatoms. The van der Waals surface area contributed by atoms with Crippen LogP contribution < -0.4 is 5.22 Å². The van der Waals surface area contributed by atoms with Crippen LogP contribution in [0.5, 0.6) is 0 Å². The number of hydrogen-bond donors (Lipinski definition) is 0. The van der Waals surface area contributed by atoms with Crippen LogP contribution in [-0.4, -0.2) is 8.42 Å². The van der Waals surface area contributed by atoms with E-state index in [1.807, 2.05) is 18.2 Å². The van der Waals surface area contributed by atoms with Gasteiger partial charge < -0.3 is 0 Å². The Morgan fingerprint density at radius 1 is 1.05 bits per heavy atom. The highest BCUT2D eigenvalue weighted by Gasteiger charge is 2.21. The van der Waals surface area contributed by atoms with Crippen molar-refractivity contribution in [2.45, 2.75) is 4.90 Å². The van der Waals surface area contributed by atoms with Crippen LogP contribution in [0.25, 0.3) is 6.20 Å². The molecule has 0 saturated heterocycles. The first-order valence-corrected chi connectivity index (χ1v) is 8.67. The number of nitrogens with zero attached hydrogens (tertiary/aromatic N) is 2. The van der Waals surface area contributed by atoms with Gasteiger partial charge in [0, 0.05) is 9.73 Å². The molecule has 1 aliphatic rings. The molecule has 1 aliphatic heterocycles. The number of rotatable bonds is 2. The van der Waals surface area contributed by atoms with E-state index in [0.717, 1.165) is 5.22 Å². The lowest BCUT2D eigenvalue weighted by atomic mass is 10.3. The Morgan fingerprint density at radius 2 is 1.79 bits per heavy atom. The van der Waals surface area contributed by atoms with Crippen molar-refractivity contribution < 1.29 is 8.42 Å². The fourth-order valence-corrected chi connectivity index (χ4v) is 5.85. The SMILES string of the molecule is O=S(=O)(c1cc[c]cc1)S1=c2ccccc2=CN=N1. The standard InChI is InChI=1S/C13H9N2O2S2/c16-19(17,12-7-2-1-3-8-12)18-13-9-5-4-6-11(13)10-14-15-18/h2-10H. The molecule has 0 amide bonds. The monoisotopic (exact) mass is 289 g/mol. The molecule has 0 N–H and O–H groups in total. The van der Waals surface area contributed by atoms with Gasteiger partial charge in [-0.15, -0.1) is 4.52 Å². The minimum atomic E-state index is -3.55. The normalized spacial score (nSPS) is 17.6. The third-order valence-electron chi connectivity index (χ3n) is 2.61. The Bertz CT molecular complexity index is 872. The first-order valence-electron chi connectivity index (χ1n) is 5.49. The maximum absolute atomic E-state index is 12.6. The van der Waals surface area contributed by atoms with Gasteiger partial charge in [0.05, 0.1) is 20.8 Å². The third-order valence-corrected chi connectivity index (χ3v) is 7.43. The Morgan fingerprint density at radius 3 is 2.58 bits per heavy atom. The van der Waals surface area contributed by atoms with E-state index in [0.29, 0.717) is 4.51 Å². The van der Waals surface area contributed by atoms with Crippen molar-refractivity contribution in [2.24, 2.45) is 9.63 Å². The topological polar surface area (TPSA) is 58.9 Å². The zero-order valence-electron chi connectivity index (χ0n) is 9.72. The molecule has 19 heavy (non-hydrogen) atoms. The summed E-state index contributed by atoms with van der Waals surface area (Å²) in [6.07, 6.45) is 1.58. The van der Waals surface area contributed by atoms with Gasteiger partial charge in [0.1, 0.15) is 0 Å². The molecule has 2 aromatic rings. The molecule has 1 radical (unpaired) electrons. The van der Waals surface area contributed by atoms with Gasteiger partial charge in [-0.05, 0) is 24.3 Å². The molecule has 0 saturated carbocycles. The fraction of sp³-hybridized carbons (Fsp3) is 0. The summed E-state index contributed by atoms with van der Waals surface area (Å²) in [5.74, 6) is 0. The summed E-state index contributed by atoms with van der Waals surface area (Å²) in [7, 11) is -4.84. The maximum atomic E-state index is 12.6. The molecule has 1 heterocycles. The second-order valence-electron chi connectivity index (χ2n) is 3.80. The van der Waals surface area contributed by atoms with Crippen molar-refractivity contribution >= 4 is 24.8 Å². The zero-order valence-corrected chi connectivity index (χ0v) is 11.4. The van der Waals surface area contributed by atoms with Gasteiger partial charge in [0.25, 0.3) is 0 Å². The Labute approximate surface area is 112 Å². The quantitative estimate of drug-likeness (QED) is 0.630. The number of benzene rings is 2. The summed E-state index contributed by atoms with van der Waals surface area (Å²) in [6, 6.07) is 16.3. The molecule has 0 aromatic heterocycles. The van der Waals surface area contributed by atoms with Crippen molar-refractivity contribution in [3.63, 3.8) is 0 Å². The van der Waals surface area contributed by atoms with E-state index in [9.17, 15) is 8.42 Å². The smallest absolute Gasteiger partial charge is 0.211 e. The molecule has 2 aromatic carbocycles. The van der Waals surface area contributed by atoms with Crippen molar-refractivity contribution in [3.05, 3.63) is 64.3 Å². The van der Waals surface area contributed by atoms with Crippen molar-refractivity contribution in [1.29, 1.82) is 0 Å². The van der Waals surface area contributed by atoms with Crippen molar-refractivity contribution in [2.75, 3.05) is 0 Å². The molecule has 0 fully saturated rings. The summed E-state index contributed by atoms with van der Waals surface area (Å²) >= 11 is 0. The third kappa shape index (κ3) is 2.13. The Hall–Kier alpha value is -1.79. The van der Waals surface area contributed by atoms with Gasteiger partial charge in [-0.3, -0.25) is 0 Å². The van der Waals surface area contributed by atoms with E-state index in [2.05, 4.69) is 15.7 Å². The van der Waals surface area contributed by atoms with Crippen LogP contribution in [0.3, 0.4) is 0 Å². The molecule has 3 rings (SSSR count). The van der Waals surface area contributed by atoms with Gasteiger partial charge in [-0.25, -0.2) is 8.42 Å². The highest BCUT2D eigenvalue weighted by molar-refractivity contribution is 8.76. The van der Waals surface area contributed by atoms with E-state index in [1.165, 1.54) is 12.1 Å². The lowest BCUT2D eigenvalue weighted by Gasteiger charge is -2.07. The van der Waals surface area contributed by atoms with Crippen LogP contribution >= 0.6 is 9.70 Å². The molecule has 4 nitrogen and oxygen atoms in total. The second-order valence-corrected chi connectivity index (χ2v) is 8.55. The molecular formula is C13H9N2O2S2. The fourth-order valence-electron chi connectivity index (χ4n) is 1.71. The lowest BCUT2D eigenvalue weighted by Crippen LogP contribution is -2.06. The van der Waals surface area contributed by atoms with Gasteiger partial charge >= 0.3 is 0 Å². The minimum absolute atomic E-state index is 0.241. The molecule has 95 valence electrons. The largest absolute Gasteiger partial charge is 0.245 e. The predicted molar refractivity (Wildman–Crippen MR) is 74.3 cm³/mol. The highest BCUT2D eigenvalue weighted by atomic mass is 33.2. The van der Waals surface area contributed by atoms with Crippen LogP contribution in [0.4, 0.5) is 0 Å². The van der Waals surface area contributed by atoms with Crippen LogP contribution in [0.2, 0.25) is 0 Å². The van der Waals surface area contributed by atoms with E-state index in [1.54, 1.807) is 24.4 Å². The van der Waals surface area contributed by atoms with E-state index >= 15 is 0 Å². The highest BCUT2D eigenvalue weighted by Crippen LogP contribution is 2.34. The summed E-state index contributed by atoms with van der Waals surface area (Å²) < 4.78 is 29.8. The van der Waals surface area contributed by atoms with E-state index < -0.39 is 18.6 Å². The molecule has 1 unspecified atom stereocenters. The molecule has 0 aliphatic carbocycles. The summed E-state index contributed by atoms with van der Waals surface area (Å²) in [5, 5.41) is 4.62. The van der Waals surface area contributed by atoms with Gasteiger partial charge in [-0.2, -0.15) is 5.11 Å². The maximum Gasteiger partial charge on any atom is 0.245 e. The van der Waals surface area contributed by atoms with E-state index in [-0.39, 0.29) is 4.90 Å². The van der Waals surface area contributed by atoms with Crippen LogP contribution in [0.15, 0.2) is 63.1 Å². The van der Waals surface area contributed by atoms with Crippen molar-refractivity contribution in [1.82, 2.24) is 0 Å². The number of fused-ring (bicyclic) bond motifs is 1. The second kappa shape index (κ2) is 4.71. The molecule has 0 spiro atoms. The Kier molecular flexibility index (Phi) is 3.04. The molecular weight excluding hydrogens is 280 g/mol. The summed E-state index contributed by atoms with van der Waals surface area (Å²) in [6.45, 7) is 0. The van der Waals surface area contributed by atoms with E-state index in [4.69, 9.17) is 0 Å². The predicted octanol–water partition coefficient (Wildman–Crippen LogP) is 2.51. The van der Waals surface area contributed by atoms with Crippen LogP contribution in [0, 0.1) is 10.6 Å². The Balaban J connectivity index is 2.35. The van der Waals surface area contributed by atoms with Crippen LogP contribution in [-0.2, 0) is 8.87 Å². The van der Waals surface area contributed by atoms with Gasteiger partial charge in [-0.1, -0.05) is 30.3 Å². The molecule has 1 atom stereocenters. The minimum Gasteiger partial charge on any atom is -0.211 e. The first-order chi connectivity index (χ1) is 9.19. The zero-order chi connectivity index (χ0) is 13.3. The molecule has 0 bridgehead atoms. The summed E-state index contributed by atoms with van der Waals surface area (Å²) in [4.78, 5) is 0.241. The average Bonchev–Trinajstić information content (AvgIpc) is 2.47.